The summed E-state index contributed by atoms with van der Waals surface area (Å²) in [6.45, 7) is 0. The highest BCUT2D eigenvalue weighted by Crippen LogP contribution is 2.26. The smallest absolute Gasteiger partial charge is 0.269 e. The predicted octanol–water partition coefficient (Wildman–Crippen LogP) is 3.77. The van der Waals surface area contributed by atoms with Gasteiger partial charge in [0.1, 0.15) is 5.75 Å². The van der Waals surface area contributed by atoms with Crippen LogP contribution in [0.15, 0.2) is 47.4 Å². The fraction of sp³-hybridized carbons (Fsp3) is 0.136. The third-order valence-electron chi connectivity index (χ3n) is 4.87. The van der Waals surface area contributed by atoms with Crippen LogP contribution in [0.2, 0.25) is 5.02 Å². The van der Waals surface area contributed by atoms with Gasteiger partial charge >= 0.3 is 0 Å². The van der Waals surface area contributed by atoms with Crippen molar-refractivity contribution in [2.24, 2.45) is 0 Å². The van der Waals surface area contributed by atoms with Crippen molar-refractivity contribution in [1.29, 1.82) is 0 Å². The molecular formula is C22H18ClN5O5S. The van der Waals surface area contributed by atoms with E-state index in [1.807, 2.05) is 0 Å². The number of fused-ring (bicyclic) bond motifs is 1. The van der Waals surface area contributed by atoms with Gasteiger partial charge in [-0.15, -0.1) is 0 Å². The van der Waals surface area contributed by atoms with Crippen LogP contribution in [0.5, 0.6) is 17.4 Å². The van der Waals surface area contributed by atoms with E-state index >= 15 is 0 Å². The van der Waals surface area contributed by atoms with Crippen molar-refractivity contribution in [3.8, 4) is 23.3 Å². The summed E-state index contributed by atoms with van der Waals surface area (Å²) in [4.78, 5) is 37.6. The number of nitrogens with zero attached hydrogens (tertiary/aromatic N) is 3. The fourth-order valence-electron chi connectivity index (χ4n) is 3.28. The molecular weight excluding hydrogens is 482 g/mol. The number of carbonyl (C=O) groups excluding carboxylic acids is 1. The molecule has 34 heavy (non-hydrogen) atoms. The zero-order chi connectivity index (χ0) is 24.4. The minimum Gasteiger partial charge on any atom is -0.496 e. The third kappa shape index (κ3) is 4.30. The number of anilines is 1. The maximum atomic E-state index is 13.3. The van der Waals surface area contributed by atoms with Crippen molar-refractivity contribution in [3.63, 3.8) is 0 Å². The number of hydrogen-bond donors (Lipinski definition) is 2. The van der Waals surface area contributed by atoms with E-state index in [9.17, 15) is 9.59 Å². The van der Waals surface area contributed by atoms with Crippen LogP contribution in [0, 0.1) is 4.77 Å². The van der Waals surface area contributed by atoms with Gasteiger partial charge in [0.2, 0.25) is 5.95 Å². The number of benzene rings is 2. The summed E-state index contributed by atoms with van der Waals surface area (Å²) < 4.78 is 16.9. The van der Waals surface area contributed by atoms with Gasteiger partial charge in [-0.25, -0.2) is 9.55 Å². The van der Waals surface area contributed by atoms with Crippen molar-refractivity contribution in [3.05, 3.63) is 68.3 Å². The van der Waals surface area contributed by atoms with Gasteiger partial charge in [0.25, 0.3) is 17.3 Å². The summed E-state index contributed by atoms with van der Waals surface area (Å²) in [5.74, 6) is 0.168. The number of methoxy groups -OCH3 is 3. The molecule has 0 atom stereocenters. The minimum atomic E-state index is -0.508. The van der Waals surface area contributed by atoms with Gasteiger partial charge in [0.15, 0.2) is 10.5 Å². The Kier molecular flexibility index (Phi) is 6.48. The second-order valence-corrected chi connectivity index (χ2v) is 7.70. The Morgan fingerprint density at radius 3 is 2.56 bits per heavy atom. The van der Waals surface area contributed by atoms with Crippen molar-refractivity contribution < 1.29 is 19.0 Å². The SMILES string of the molecule is COc1cc2c(=O)n(-c3ncc(OC)c(OC)n3)c(=S)[nH]c2cc1C(=O)Nc1cccc(Cl)c1. The first-order valence-electron chi connectivity index (χ1n) is 9.75. The first-order chi connectivity index (χ1) is 16.4. The van der Waals surface area contributed by atoms with Crippen molar-refractivity contribution >= 4 is 46.3 Å². The van der Waals surface area contributed by atoms with Gasteiger partial charge in [0.05, 0.1) is 44.0 Å². The summed E-state index contributed by atoms with van der Waals surface area (Å²) in [6.07, 6.45) is 1.37. The number of nitrogens with one attached hydrogen (secondary N) is 2. The molecule has 0 fully saturated rings. The molecule has 4 rings (SSSR count). The van der Waals surface area contributed by atoms with E-state index in [1.165, 1.54) is 39.7 Å². The van der Waals surface area contributed by atoms with Gasteiger partial charge in [0, 0.05) is 10.7 Å². The molecule has 2 N–H and O–H groups in total. The molecule has 2 aromatic carbocycles. The summed E-state index contributed by atoms with van der Waals surface area (Å²) in [6, 6.07) is 9.67. The van der Waals surface area contributed by atoms with Crippen LogP contribution < -0.4 is 25.1 Å². The topological polar surface area (TPSA) is 120 Å². The lowest BCUT2D eigenvalue weighted by Gasteiger charge is -2.13. The van der Waals surface area contributed by atoms with Crippen LogP contribution >= 0.6 is 23.8 Å². The molecule has 0 aliphatic rings. The Labute approximate surface area is 203 Å². The highest BCUT2D eigenvalue weighted by Gasteiger charge is 2.19. The van der Waals surface area contributed by atoms with E-state index in [-0.39, 0.29) is 33.3 Å². The lowest BCUT2D eigenvalue weighted by Crippen LogP contribution is -2.23. The van der Waals surface area contributed by atoms with Crippen LogP contribution in [0.1, 0.15) is 10.4 Å². The van der Waals surface area contributed by atoms with Crippen LogP contribution in [-0.2, 0) is 0 Å². The summed E-state index contributed by atoms with van der Waals surface area (Å²) >= 11 is 11.4. The molecule has 4 aromatic rings. The summed E-state index contributed by atoms with van der Waals surface area (Å²) in [5.41, 5.74) is 0.531. The molecule has 2 aromatic heterocycles. The lowest BCUT2D eigenvalue weighted by atomic mass is 10.1. The number of amides is 1. The van der Waals surface area contributed by atoms with E-state index in [0.29, 0.717) is 22.0 Å². The number of carbonyl (C=O) groups is 1. The molecule has 12 heteroatoms. The number of rotatable bonds is 6. The van der Waals surface area contributed by atoms with Crippen LogP contribution in [0.4, 0.5) is 5.69 Å². The van der Waals surface area contributed by atoms with Gasteiger partial charge in [-0.2, -0.15) is 4.98 Å². The molecule has 1 amide bonds. The zero-order valence-electron chi connectivity index (χ0n) is 18.2. The highest BCUT2D eigenvalue weighted by molar-refractivity contribution is 7.71. The highest BCUT2D eigenvalue weighted by atomic mass is 35.5. The standard InChI is InChI=1S/C22H18ClN5O5S/c1-31-16-9-13-15(8-14(16)18(29)25-12-6-4-5-11(23)7-12)26-22(34)28(20(13)30)21-24-10-17(32-2)19(27-21)33-3/h4-10H,1-3H3,(H,25,29)(H,26,34). The van der Waals surface area contributed by atoms with E-state index in [4.69, 9.17) is 38.0 Å². The average Bonchev–Trinajstić information content (AvgIpc) is 2.83. The Morgan fingerprint density at radius 2 is 1.88 bits per heavy atom. The molecule has 10 nitrogen and oxygen atoms in total. The maximum Gasteiger partial charge on any atom is 0.269 e. The van der Waals surface area contributed by atoms with E-state index in [2.05, 4.69) is 20.3 Å². The third-order valence-corrected chi connectivity index (χ3v) is 5.39. The van der Waals surface area contributed by atoms with Crippen LogP contribution in [0.25, 0.3) is 16.9 Å². The summed E-state index contributed by atoms with van der Waals surface area (Å²) in [7, 11) is 4.26. The maximum absolute atomic E-state index is 13.3. The number of aromatic amines is 1. The Hall–Kier alpha value is -3.96. The normalized spacial score (nSPS) is 10.7. The quantitative estimate of drug-likeness (QED) is 0.385. The van der Waals surface area contributed by atoms with Gasteiger partial charge in [-0.3, -0.25) is 9.59 Å². The van der Waals surface area contributed by atoms with E-state index < -0.39 is 11.5 Å². The van der Waals surface area contributed by atoms with E-state index in [0.717, 1.165) is 4.57 Å². The fourth-order valence-corrected chi connectivity index (χ4v) is 3.74. The van der Waals surface area contributed by atoms with Crippen LogP contribution in [-0.4, -0.2) is 46.8 Å². The number of H-pyrrole nitrogens is 1. The average molecular weight is 500 g/mol. The zero-order valence-corrected chi connectivity index (χ0v) is 19.8. The number of ether oxygens (including phenoxy) is 3. The lowest BCUT2D eigenvalue weighted by molar-refractivity contribution is 0.102. The molecule has 0 aliphatic carbocycles. The first kappa shape index (κ1) is 23.2. The van der Waals surface area contributed by atoms with E-state index in [1.54, 1.807) is 24.3 Å². The second kappa shape index (κ2) is 9.49. The molecule has 0 saturated heterocycles. The Morgan fingerprint density at radius 1 is 1.12 bits per heavy atom. The molecule has 174 valence electrons. The van der Waals surface area contributed by atoms with Gasteiger partial charge < -0.3 is 24.5 Å². The number of aromatic nitrogens is 4. The van der Waals surface area contributed by atoms with Crippen LogP contribution in [0.3, 0.4) is 0 Å². The molecule has 0 spiro atoms. The largest absolute Gasteiger partial charge is 0.496 e. The first-order valence-corrected chi connectivity index (χ1v) is 10.5. The minimum absolute atomic E-state index is 0.00690. The second-order valence-electron chi connectivity index (χ2n) is 6.88. The molecule has 0 unspecified atom stereocenters. The Bertz CT molecular complexity index is 1530. The monoisotopic (exact) mass is 499 g/mol. The molecule has 0 bridgehead atoms. The van der Waals surface area contributed by atoms with Crippen molar-refractivity contribution in [1.82, 2.24) is 19.5 Å². The predicted molar refractivity (Wildman–Crippen MR) is 129 cm³/mol. The number of halogens is 1. The van der Waals surface area contributed by atoms with Crippen molar-refractivity contribution in [2.75, 3.05) is 26.6 Å². The molecule has 2 heterocycles. The van der Waals surface area contributed by atoms with Gasteiger partial charge in [-0.1, -0.05) is 17.7 Å². The molecule has 0 aliphatic heterocycles. The Balaban J connectivity index is 1.83. The molecule has 0 radical (unpaired) electrons. The summed E-state index contributed by atoms with van der Waals surface area (Å²) in [5, 5.41) is 3.44. The molecule has 0 saturated carbocycles. The number of hydrogen-bond acceptors (Lipinski definition) is 8. The van der Waals surface area contributed by atoms with Crippen molar-refractivity contribution in [2.45, 2.75) is 0 Å². The van der Waals surface area contributed by atoms with Gasteiger partial charge in [-0.05, 0) is 42.5 Å².